The first-order valence-electron chi connectivity index (χ1n) is 19.8. The molecule has 0 saturated heterocycles. The van der Waals surface area contributed by atoms with E-state index in [4.69, 9.17) is 21.9 Å². The molecular formula is C58H62O3Ti. The van der Waals surface area contributed by atoms with Crippen LogP contribution in [0.5, 0.6) is 0 Å². The van der Waals surface area contributed by atoms with Gasteiger partial charge in [0.25, 0.3) is 0 Å². The molecule has 0 N–H and O–H groups in total. The minimum Gasteiger partial charge on any atom is -0.857 e. The molecular weight excluding hydrogens is 793 g/mol. The van der Waals surface area contributed by atoms with E-state index >= 15 is 0 Å². The van der Waals surface area contributed by atoms with Crippen LogP contribution in [0.3, 0.4) is 0 Å². The summed E-state index contributed by atoms with van der Waals surface area (Å²) < 4.78 is 0. The molecule has 316 valence electrons. The Kier molecular flexibility index (Phi) is 40.1. The average Bonchev–Trinajstić information content (AvgIpc) is 3.32. The number of allylic oxidation sites excluding steroid dienone is 9. The number of hydrogen-bond donors (Lipinski definition) is 0. The van der Waals surface area contributed by atoms with Gasteiger partial charge < -0.3 is 15.3 Å². The van der Waals surface area contributed by atoms with Gasteiger partial charge in [0, 0.05) is 0 Å². The van der Waals surface area contributed by atoms with E-state index in [1.165, 1.54) is 39.0 Å². The first kappa shape index (κ1) is 57.9. The molecule has 4 heteroatoms. The van der Waals surface area contributed by atoms with Crippen LogP contribution in [-0.4, -0.2) is 21.3 Å². The zero-order chi connectivity index (χ0) is 45.0. The summed E-state index contributed by atoms with van der Waals surface area (Å²) in [4.78, 5) is 0. The van der Waals surface area contributed by atoms with E-state index in [1.807, 2.05) is 136 Å². The van der Waals surface area contributed by atoms with Crippen LogP contribution in [0, 0.1) is 6.58 Å². The fourth-order valence-corrected chi connectivity index (χ4v) is 4.84. The molecule has 0 fully saturated rings. The normalized spacial score (nSPS) is 9.89. The zero-order valence-electron chi connectivity index (χ0n) is 37.1. The van der Waals surface area contributed by atoms with Crippen LogP contribution < -0.4 is 15.3 Å². The van der Waals surface area contributed by atoms with Crippen LogP contribution in [0.15, 0.2) is 236 Å². The molecule has 62 heavy (non-hydrogen) atoms. The molecule has 0 bridgehead atoms. The summed E-state index contributed by atoms with van der Waals surface area (Å²) in [5, 5.41) is 24.8. The number of benzene rings is 6. The first-order chi connectivity index (χ1) is 30.0. The summed E-state index contributed by atoms with van der Waals surface area (Å²) in [5.74, 6) is 0. The monoisotopic (exact) mass is 854 g/mol. The summed E-state index contributed by atoms with van der Waals surface area (Å²) in [5.41, 5.74) is 9.46. The minimum atomic E-state index is 0. The van der Waals surface area contributed by atoms with Crippen molar-refractivity contribution in [3.05, 3.63) is 276 Å². The standard InChI is InChI=1S/3C16H14.C7H11.3CH3O.Ti/c3*1-3-9-15(10-4-1)13-7-8-14-16-11-5-2-6-12-16;1-6(2)5-7(3)4;3*1-2;/h3*1-14H;1,5H,2-4H3;3*1H3;/q;;;4*-1;+4. The van der Waals surface area contributed by atoms with Crippen molar-refractivity contribution >= 4 is 36.5 Å². The maximum absolute atomic E-state index is 8.25. The summed E-state index contributed by atoms with van der Waals surface area (Å²) in [6.07, 6.45) is 26.9. The SMILES string of the molecule is C(C=Cc1ccccc1)=Cc1ccccc1.C(C=Cc1ccccc1)=Cc1ccccc1.C(C=Cc1ccccc1)=Cc1ccccc1.C[O-].C[O-].C[O-].[CH-]=C(C)C=C(C)C.[Ti+4]. The Labute approximate surface area is 389 Å². The molecule has 0 radical (unpaired) electrons. The van der Waals surface area contributed by atoms with Crippen LogP contribution in [-0.2, 0) is 21.7 Å². The molecule has 0 aliphatic rings. The molecule has 6 aromatic carbocycles. The molecule has 6 aromatic rings. The third-order valence-electron chi connectivity index (χ3n) is 7.38. The second-order valence-electron chi connectivity index (χ2n) is 12.6. The van der Waals surface area contributed by atoms with Gasteiger partial charge in [0.05, 0.1) is 0 Å². The third kappa shape index (κ3) is 33.6. The Hall–Kier alpha value is -6.17. The average molecular weight is 855 g/mol. The Bertz CT molecular complexity index is 1730. The smallest absolute Gasteiger partial charge is 0.857 e. The van der Waals surface area contributed by atoms with Gasteiger partial charge in [-0.25, -0.2) is 11.6 Å². The van der Waals surface area contributed by atoms with Crippen molar-refractivity contribution in [2.24, 2.45) is 0 Å². The van der Waals surface area contributed by atoms with Crippen molar-refractivity contribution in [1.82, 2.24) is 0 Å². The predicted molar refractivity (Wildman–Crippen MR) is 264 cm³/mol. The predicted octanol–water partition coefficient (Wildman–Crippen LogP) is 12.5. The molecule has 0 atom stereocenters. The number of hydrogen-bond acceptors (Lipinski definition) is 3. The van der Waals surface area contributed by atoms with Crippen molar-refractivity contribution in [1.29, 1.82) is 0 Å². The van der Waals surface area contributed by atoms with Crippen molar-refractivity contribution in [3.8, 4) is 0 Å². The van der Waals surface area contributed by atoms with E-state index in [-0.39, 0.29) is 21.7 Å². The molecule has 0 amide bonds. The molecule has 3 nitrogen and oxygen atoms in total. The van der Waals surface area contributed by atoms with Gasteiger partial charge in [-0.3, -0.25) is 6.58 Å². The van der Waals surface area contributed by atoms with Crippen molar-refractivity contribution in [2.75, 3.05) is 21.3 Å². The molecule has 0 spiro atoms. The molecule has 6 rings (SSSR count). The maximum Gasteiger partial charge on any atom is 4.00 e. The van der Waals surface area contributed by atoms with E-state index in [0.717, 1.165) is 26.9 Å². The molecule has 0 unspecified atom stereocenters. The fraction of sp³-hybridized carbons (Fsp3) is 0.103. The molecule has 0 aliphatic heterocycles. The Balaban J connectivity index is 0. The molecule has 0 aromatic heterocycles. The van der Waals surface area contributed by atoms with Gasteiger partial charge in [-0.05, 0) is 33.4 Å². The van der Waals surface area contributed by atoms with Crippen molar-refractivity contribution < 1.29 is 37.0 Å². The van der Waals surface area contributed by atoms with Crippen LogP contribution in [0.4, 0.5) is 0 Å². The van der Waals surface area contributed by atoms with Gasteiger partial charge in [0.15, 0.2) is 0 Å². The second kappa shape index (κ2) is 42.9. The van der Waals surface area contributed by atoms with E-state index in [2.05, 4.69) is 146 Å². The van der Waals surface area contributed by atoms with Crippen LogP contribution in [0.2, 0.25) is 0 Å². The van der Waals surface area contributed by atoms with Gasteiger partial charge in [-0.15, -0.1) is 0 Å². The summed E-state index contributed by atoms with van der Waals surface area (Å²) in [6.45, 7) is 11.3. The maximum atomic E-state index is 8.25. The second-order valence-corrected chi connectivity index (χ2v) is 12.6. The number of rotatable bonds is 10. The largest absolute Gasteiger partial charge is 4.00 e. The van der Waals surface area contributed by atoms with Gasteiger partial charge in [0.1, 0.15) is 0 Å². The third-order valence-corrected chi connectivity index (χ3v) is 7.38. The molecule has 0 heterocycles. The molecule has 0 saturated carbocycles. The van der Waals surface area contributed by atoms with Gasteiger partial charge in [0.2, 0.25) is 0 Å². The van der Waals surface area contributed by atoms with Crippen molar-refractivity contribution in [2.45, 2.75) is 20.8 Å². The van der Waals surface area contributed by atoms with Crippen LogP contribution in [0.1, 0.15) is 54.2 Å². The quantitative estimate of drug-likeness (QED) is 0.0783. The first-order valence-corrected chi connectivity index (χ1v) is 19.8. The van der Waals surface area contributed by atoms with Crippen molar-refractivity contribution in [3.63, 3.8) is 0 Å². The van der Waals surface area contributed by atoms with Gasteiger partial charge in [-0.1, -0.05) is 276 Å². The Morgan fingerprint density at radius 3 is 0.548 bits per heavy atom. The zero-order valence-corrected chi connectivity index (χ0v) is 38.7. The van der Waals surface area contributed by atoms with Gasteiger partial charge >= 0.3 is 21.7 Å². The fourth-order valence-electron chi connectivity index (χ4n) is 4.84. The Morgan fingerprint density at radius 1 is 0.306 bits per heavy atom. The minimum absolute atomic E-state index is 0. The Morgan fingerprint density at radius 2 is 0.452 bits per heavy atom. The van der Waals surface area contributed by atoms with E-state index in [0.29, 0.717) is 0 Å². The van der Waals surface area contributed by atoms with Crippen LogP contribution >= 0.6 is 0 Å². The van der Waals surface area contributed by atoms with E-state index in [1.54, 1.807) is 0 Å². The van der Waals surface area contributed by atoms with E-state index < -0.39 is 0 Å². The summed E-state index contributed by atoms with van der Waals surface area (Å²) >= 11 is 0. The van der Waals surface area contributed by atoms with Gasteiger partial charge in [-0.2, -0.15) is 26.9 Å². The van der Waals surface area contributed by atoms with Crippen LogP contribution in [0.25, 0.3) is 36.5 Å². The summed E-state index contributed by atoms with van der Waals surface area (Å²) in [6, 6.07) is 61.7. The topological polar surface area (TPSA) is 69.2 Å². The molecule has 0 aliphatic carbocycles. The van der Waals surface area contributed by atoms with E-state index in [9.17, 15) is 0 Å². The summed E-state index contributed by atoms with van der Waals surface area (Å²) in [7, 11) is 2.25.